The molecule has 1 saturated carbocycles. The Balaban J connectivity index is 2.31. The fourth-order valence-electron chi connectivity index (χ4n) is 2.05. The largest absolute Gasteiger partial charge is 0.352 e. The van der Waals surface area contributed by atoms with E-state index < -0.39 is 5.41 Å². The summed E-state index contributed by atoms with van der Waals surface area (Å²) in [4.78, 5) is 11.9. The quantitative estimate of drug-likeness (QED) is 0.702. The number of rotatable bonds is 6. The van der Waals surface area contributed by atoms with Crippen LogP contribution in [-0.4, -0.2) is 11.9 Å². The van der Waals surface area contributed by atoms with Gasteiger partial charge in [0, 0.05) is 6.04 Å². The van der Waals surface area contributed by atoms with E-state index >= 15 is 0 Å². The van der Waals surface area contributed by atoms with Gasteiger partial charge in [0.05, 0.1) is 6.07 Å². The molecular weight excluding hydrogens is 200 g/mol. The maximum absolute atomic E-state index is 11.9. The third-order valence-electron chi connectivity index (χ3n) is 3.47. The summed E-state index contributed by atoms with van der Waals surface area (Å²) in [7, 11) is 0. The Morgan fingerprint density at radius 2 is 2.19 bits per heavy atom. The summed E-state index contributed by atoms with van der Waals surface area (Å²) in [6, 6.07) is 2.37. The topological polar surface area (TPSA) is 52.9 Å². The molecule has 1 amide bonds. The van der Waals surface area contributed by atoms with Crippen LogP contribution in [0.5, 0.6) is 0 Å². The van der Waals surface area contributed by atoms with Gasteiger partial charge in [-0.05, 0) is 32.6 Å². The fourth-order valence-corrected chi connectivity index (χ4v) is 2.05. The summed E-state index contributed by atoms with van der Waals surface area (Å²) in [6.45, 7) is 4.19. The van der Waals surface area contributed by atoms with Crippen molar-refractivity contribution < 1.29 is 4.79 Å². The molecule has 1 unspecified atom stereocenters. The van der Waals surface area contributed by atoms with Crippen LogP contribution < -0.4 is 5.32 Å². The van der Waals surface area contributed by atoms with Crippen molar-refractivity contribution in [2.24, 2.45) is 5.41 Å². The lowest BCUT2D eigenvalue weighted by Gasteiger charge is -2.34. The normalized spacial score (nSPS) is 19.3. The molecule has 90 valence electrons. The minimum Gasteiger partial charge on any atom is -0.352 e. The lowest BCUT2D eigenvalue weighted by molar-refractivity contribution is -0.132. The predicted molar refractivity (Wildman–Crippen MR) is 63.6 cm³/mol. The van der Waals surface area contributed by atoms with Gasteiger partial charge >= 0.3 is 0 Å². The van der Waals surface area contributed by atoms with Gasteiger partial charge in [-0.1, -0.05) is 26.2 Å². The predicted octanol–water partition coefficient (Wildman–Crippen LogP) is 2.77. The number of amides is 1. The molecule has 0 spiro atoms. The standard InChI is InChI=1S/C13H22N2O/c1-3-4-5-7-11(2)15-12(16)13(10-14)8-6-9-13/h11H,3-9H2,1-2H3,(H,15,16). The molecule has 3 nitrogen and oxygen atoms in total. The smallest absolute Gasteiger partial charge is 0.240 e. The highest BCUT2D eigenvalue weighted by molar-refractivity contribution is 5.86. The summed E-state index contributed by atoms with van der Waals surface area (Å²) in [5, 5.41) is 12.0. The number of unbranched alkanes of at least 4 members (excludes halogenated alkanes) is 2. The van der Waals surface area contributed by atoms with E-state index in [1.807, 2.05) is 6.92 Å². The molecule has 3 heteroatoms. The van der Waals surface area contributed by atoms with E-state index in [1.54, 1.807) is 0 Å². The van der Waals surface area contributed by atoms with Gasteiger partial charge in [0.2, 0.25) is 5.91 Å². The summed E-state index contributed by atoms with van der Waals surface area (Å²) in [5.41, 5.74) is -0.695. The first kappa shape index (κ1) is 13.0. The first-order valence-electron chi connectivity index (χ1n) is 6.37. The molecule has 16 heavy (non-hydrogen) atoms. The van der Waals surface area contributed by atoms with Crippen LogP contribution in [0.3, 0.4) is 0 Å². The molecule has 0 aromatic heterocycles. The third-order valence-corrected chi connectivity index (χ3v) is 3.47. The van der Waals surface area contributed by atoms with Crippen molar-refractivity contribution in [3.63, 3.8) is 0 Å². The summed E-state index contributed by atoms with van der Waals surface area (Å²) < 4.78 is 0. The van der Waals surface area contributed by atoms with Crippen LogP contribution in [0.4, 0.5) is 0 Å². The first-order chi connectivity index (χ1) is 7.64. The fraction of sp³-hybridized carbons (Fsp3) is 0.846. The summed E-state index contributed by atoms with van der Waals surface area (Å²) in [6.07, 6.45) is 7.05. The van der Waals surface area contributed by atoms with Gasteiger partial charge in [-0.25, -0.2) is 0 Å². The molecule has 0 aromatic carbocycles. The second kappa shape index (κ2) is 5.89. The molecular formula is C13H22N2O. The molecule has 1 fully saturated rings. The molecule has 0 aliphatic heterocycles. The molecule has 1 atom stereocenters. The molecule has 1 aliphatic carbocycles. The van der Waals surface area contributed by atoms with Gasteiger partial charge in [0.25, 0.3) is 0 Å². The van der Waals surface area contributed by atoms with Crippen molar-refractivity contribution in [3.05, 3.63) is 0 Å². The van der Waals surface area contributed by atoms with E-state index in [2.05, 4.69) is 18.3 Å². The Morgan fingerprint density at radius 1 is 1.50 bits per heavy atom. The first-order valence-corrected chi connectivity index (χ1v) is 6.37. The van der Waals surface area contributed by atoms with Crippen molar-refractivity contribution in [1.29, 1.82) is 5.26 Å². The number of nitriles is 1. The number of hydrogen-bond acceptors (Lipinski definition) is 2. The zero-order valence-corrected chi connectivity index (χ0v) is 10.4. The van der Waals surface area contributed by atoms with Gasteiger partial charge in [-0.15, -0.1) is 0 Å². The third kappa shape index (κ3) is 2.98. The lowest BCUT2D eigenvalue weighted by Crippen LogP contribution is -2.47. The van der Waals surface area contributed by atoms with Gasteiger partial charge in [-0.3, -0.25) is 4.79 Å². The maximum atomic E-state index is 11.9. The van der Waals surface area contributed by atoms with Crippen molar-refractivity contribution in [1.82, 2.24) is 5.32 Å². The van der Waals surface area contributed by atoms with E-state index in [4.69, 9.17) is 5.26 Å². The van der Waals surface area contributed by atoms with Crippen LogP contribution >= 0.6 is 0 Å². The van der Waals surface area contributed by atoms with Crippen LogP contribution in [0.1, 0.15) is 58.8 Å². The molecule has 1 rings (SSSR count). The number of nitrogens with one attached hydrogen (secondary N) is 1. The lowest BCUT2D eigenvalue weighted by atomic mass is 9.69. The molecule has 0 bridgehead atoms. The number of hydrogen-bond donors (Lipinski definition) is 1. The monoisotopic (exact) mass is 222 g/mol. The van der Waals surface area contributed by atoms with Gasteiger partial charge in [-0.2, -0.15) is 5.26 Å². The highest BCUT2D eigenvalue weighted by atomic mass is 16.2. The minimum atomic E-state index is -0.695. The van der Waals surface area contributed by atoms with Crippen LogP contribution in [-0.2, 0) is 4.79 Å². The van der Waals surface area contributed by atoms with Gasteiger partial charge < -0.3 is 5.32 Å². The van der Waals surface area contributed by atoms with E-state index in [-0.39, 0.29) is 11.9 Å². The molecule has 1 aliphatic rings. The van der Waals surface area contributed by atoms with Crippen molar-refractivity contribution in [2.75, 3.05) is 0 Å². The Bertz CT molecular complexity index is 276. The Morgan fingerprint density at radius 3 is 2.62 bits per heavy atom. The molecule has 1 N–H and O–H groups in total. The Kier molecular flexibility index (Phi) is 4.79. The average molecular weight is 222 g/mol. The van der Waals surface area contributed by atoms with E-state index in [9.17, 15) is 4.79 Å². The van der Waals surface area contributed by atoms with Gasteiger partial charge in [0.1, 0.15) is 5.41 Å². The molecule has 0 heterocycles. The summed E-state index contributed by atoms with van der Waals surface area (Å²) >= 11 is 0. The number of nitrogens with zero attached hydrogens (tertiary/aromatic N) is 1. The SMILES string of the molecule is CCCCCC(C)NC(=O)C1(C#N)CCC1. The van der Waals surface area contributed by atoms with Crippen LogP contribution in [0, 0.1) is 16.7 Å². The molecule has 0 aromatic rings. The maximum Gasteiger partial charge on any atom is 0.240 e. The number of carbonyl (C=O) groups excluding carboxylic acids is 1. The zero-order valence-electron chi connectivity index (χ0n) is 10.4. The average Bonchev–Trinajstić information content (AvgIpc) is 2.17. The Labute approximate surface area is 98.2 Å². The van der Waals surface area contributed by atoms with Crippen LogP contribution in [0.25, 0.3) is 0 Å². The van der Waals surface area contributed by atoms with Crippen LogP contribution in [0.2, 0.25) is 0 Å². The molecule has 0 saturated heterocycles. The number of carbonyl (C=O) groups is 1. The van der Waals surface area contributed by atoms with E-state index in [0.717, 1.165) is 32.1 Å². The highest BCUT2D eigenvalue weighted by Gasteiger charge is 2.44. The van der Waals surface area contributed by atoms with E-state index in [1.165, 1.54) is 12.8 Å². The highest BCUT2D eigenvalue weighted by Crippen LogP contribution is 2.40. The zero-order chi connectivity index (χ0) is 12.0. The second-order valence-electron chi connectivity index (χ2n) is 4.92. The van der Waals surface area contributed by atoms with Gasteiger partial charge in [0.15, 0.2) is 0 Å². The van der Waals surface area contributed by atoms with Crippen molar-refractivity contribution >= 4 is 5.91 Å². The van der Waals surface area contributed by atoms with Crippen molar-refractivity contribution in [2.45, 2.75) is 64.8 Å². The van der Waals surface area contributed by atoms with Crippen molar-refractivity contribution in [3.8, 4) is 6.07 Å². The Hall–Kier alpha value is -1.04. The van der Waals surface area contributed by atoms with E-state index in [0.29, 0.717) is 0 Å². The summed E-state index contributed by atoms with van der Waals surface area (Å²) in [5.74, 6) is -0.0507. The minimum absolute atomic E-state index is 0.0507. The molecule has 0 radical (unpaired) electrons. The van der Waals surface area contributed by atoms with Crippen LogP contribution in [0.15, 0.2) is 0 Å². The second-order valence-corrected chi connectivity index (χ2v) is 4.92.